The molecular weight excluding hydrogens is 282 g/mol. The van der Waals surface area contributed by atoms with Gasteiger partial charge in [-0.1, -0.05) is 6.07 Å². The van der Waals surface area contributed by atoms with Crippen LogP contribution in [-0.2, 0) is 0 Å². The number of aromatic carboxylic acids is 1. The molecule has 0 aliphatic carbocycles. The Morgan fingerprint density at radius 3 is 2.67 bits per heavy atom. The van der Waals surface area contributed by atoms with Gasteiger partial charge in [-0.05, 0) is 24.3 Å². The number of carbonyl (C=O) groups is 1. The van der Waals surface area contributed by atoms with Gasteiger partial charge in [0.15, 0.2) is 0 Å². The summed E-state index contributed by atoms with van der Waals surface area (Å²) in [5.41, 5.74) is -0.944. The summed E-state index contributed by atoms with van der Waals surface area (Å²) in [7, 11) is 0. The van der Waals surface area contributed by atoms with Crippen molar-refractivity contribution in [3.05, 3.63) is 64.1 Å². The molecule has 0 bridgehead atoms. The largest absolute Gasteiger partial charge is 0.478 e. The maximum absolute atomic E-state index is 13.8. The highest BCUT2D eigenvalue weighted by molar-refractivity contribution is 6.01. The van der Waals surface area contributed by atoms with Crippen molar-refractivity contribution in [2.24, 2.45) is 0 Å². The van der Waals surface area contributed by atoms with E-state index in [9.17, 15) is 18.4 Å². The van der Waals surface area contributed by atoms with E-state index in [0.717, 1.165) is 22.8 Å². The Kier molecular flexibility index (Phi) is 2.83. The molecule has 0 aliphatic rings. The first-order valence-corrected chi connectivity index (χ1v) is 5.91. The van der Waals surface area contributed by atoms with E-state index >= 15 is 0 Å². The lowest BCUT2D eigenvalue weighted by Gasteiger charge is -2.05. The quantitative estimate of drug-likeness (QED) is 0.760. The van der Waals surface area contributed by atoms with Crippen LogP contribution in [0.2, 0.25) is 0 Å². The Morgan fingerprint density at radius 2 is 1.95 bits per heavy atom. The van der Waals surface area contributed by atoms with Crippen LogP contribution in [0.3, 0.4) is 0 Å². The van der Waals surface area contributed by atoms with Gasteiger partial charge in [0.25, 0.3) is 0 Å². The summed E-state index contributed by atoms with van der Waals surface area (Å²) < 4.78 is 28.0. The molecule has 0 atom stereocenters. The molecule has 2 N–H and O–H groups in total. The number of imidazole rings is 1. The van der Waals surface area contributed by atoms with Crippen LogP contribution in [0.25, 0.3) is 16.7 Å². The molecule has 0 spiro atoms. The second-order valence-corrected chi connectivity index (χ2v) is 4.37. The molecule has 1 aromatic heterocycles. The smallest absolute Gasteiger partial charge is 0.337 e. The standard InChI is InChI=1S/C14H8F2N2O3/c15-7-4-5-9(16)11(6-7)18-10-3-1-2-8(13(19)20)12(10)17-14(18)21/h1-6H,(H,17,21)(H,19,20). The molecule has 0 amide bonds. The minimum absolute atomic E-state index is 0.0543. The zero-order chi connectivity index (χ0) is 15.1. The highest BCUT2D eigenvalue weighted by Gasteiger charge is 2.17. The first-order chi connectivity index (χ1) is 9.99. The van der Waals surface area contributed by atoms with Gasteiger partial charge in [0.1, 0.15) is 11.6 Å². The SMILES string of the molecule is O=C(O)c1cccc2c1[nH]c(=O)n2-c1cc(F)ccc1F. The number of fused-ring (bicyclic) bond motifs is 1. The van der Waals surface area contributed by atoms with Crippen molar-refractivity contribution >= 4 is 17.0 Å². The third kappa shape index (κ3) is 1.99. The van der Waals surface area contributed by atoms with E-state index in [2.05, 4.69) is 4.98 Å². The van der Waals surface area contributed by atoms with E-state index in [1.54, 1.807) is 0 Å². The molecular formula is C14H8F2N2O3. The average molecular weight is 290 g/mol. The first kappa shape index (κ1) is 13.0. The van der Waals surface area contributed by atoms with Crippen LogP contribution in [0.4, 0.5) is 8.78 Å². The van der Waals surface area contributed by atoms with Crippen LogP contribution in [0.15, 0.2) is 41.2 Å². The van der Waals surface area contributed by atoms with Gasteiger partial charge in [-0.15, -0.1) is 0 Å². The van der Waals surface area contributed by atoms with Gasteiger partial charge in [-0.25, -0.2) is 18.4 Å². The van der Waals surface area contributed by atoms with Gasteiger partial charge in [0.05, 0.1) is 22.3 Å². The van der Waals surface area contributed by atoms with E-state index in [1.807, 2.05) is 0 Å². The predicted molar refractivity (Wildman–Crippen MR) is 70.8 cm³/mol. The number of para-hydroxylation sites is 1. The van der Waals surface area contributed by atoms with Gasteiger partial charge in [-0.3, -0.25) is 4.57 Å². The highest BCUT2D eigenvalue weighted by Crippen LogP contribution is 2.21. The summed E-state index contributed by atoms with van der Waals surface area (Å²) in [5, 5.41) is 9.09. The molecule has 0 saturated heterocycles. The van der Waals surface area contributed by atoms with Gasteiger partial charge >= 0.3 is 11.7 Å². The Bertz CT molecular complexity index is 928. The normalized spacial score (nSPS) is 11.0. The number of H-pyrrole nitrogens is 1. The fourth-order valence-corrected chi connectivity index (χ4v) is 2.20. The number of hydrogen-bond acceptors (Lipinski definition) is 2. The summed E-state index contributed by atoms with van der Waals surface area (Å²) in [6.07, 6.45) is 0. The lowest BCUT2D eigenvalue weighted by atomic mass is 10.2. The third-order valence-electron chi connectivity index (χ3n) is 3.10. The second kappa shape index (κ2) is 4.55. The summed E-state index contributed by atoms with van der Waals surface area (Å²) in [4.78, 5) is 25.5. The number of carboxylic acids is 1. The molecule has 3 aromatic rings. The van der Waals surface area contributed by atoms with E-state index in [4.69, 9.17) is 5.11 Å². The topological polar surface area (TPSA) is 75.1 Å². The minimum Gasteiger partial charge on any atom is -0.478 e. The van der Waals surface area contributed by atoms with Crippen LogP contribution < -0.4 is 5.69 Å². The first-order valence-electron chi connectivity index (χ1n) is 5.91. The molecule has 7 heteroatoms. The lowest BCUT2D eigenvalue weighted by Crippen LogP contribution is -2.16. The molecule has 0 unspecified atom stereocenters. The maximum atomic E-state index is 13.8. The van der Waals surface area contributed by atoms with E-state index in [-0.39, 0.29) is 22.3 Å². The summed E-state index contributed by atoms with van der Waals surface area (Å²) >= 11 is 0. The van der Waals surface area contributed by atoms with Gasteiger partial charge in [-0.2, -0.15) is 0 Å². The highest BCUT2D eigenvalue weighted by atomic mass is 19.1. The van der Waals surface area contributed by atoms with Crippen molar-refractivity contribution in [1.82, 2.24) is 9.55 Å². The predicted octanol–water partition coefficient (Wildman–Crippen LogP) is 2.30. The van der Waals surface area contributed by atoms with Crippen LogP contribution in [0, 0.1) is 11.6 Å². The zero-order valence-electron chi connectivity index (χ0n) is 10.4. The minimum atomic E-state index is -1.23. The number of nitrogens with one attached hydrogen (secondary N) is 1. The van der Waals surface area contributed by atoms with Crippen LogP contribution in [0.1, 0.15) is 10.4 Å². The molecule has 5 nitrogen and oxygen atoms in total. The van der Waals surface area contributed by atoms with E-state index in [1.165, 1.54) is 18.2 Å². The van der Waals surface area contributed by atoms with Crippen molar-refractivity contribution in [1.29, 1.82) is 0 Å². The van der Waals surface area contributed by atoms with Crippen molar-refractivity contribution in [2.75, 3.05) is 0 Å². The Balaban J connectivity index is 2.42. The van der Waals surface area contributed by atoms with Crippen molar-refractivity contribution in [3.8, 4) is 5.69 Å². The van der Waals surface area contributed by atoms with Crippen molar-refractivity contribution < 1.29 is 18.7 Å². The number of halogens is 2. The van der Waals surface area contributed by atoms with Gasteiger partial charge < -0.3 is 10.1 Å². The molecule has 0 radical (unpaired) electrons. The van der Waals surface area contributed by atoms with Crippen molar-refractivity contribution in [2.45, 2.75) is 0 Å². The van der Waals surface area contributed by atoms with E-state index in [0.29, 0.717) is 0 Å². The number of carboxylic acid groups (broad SMARTS) is 1. The fraction of sp³-hybridized carbons (Fsp3) is 0. The molecule has 21 heavy (non-hydrogen) atoms. The van der Waals surface area contributed by atoms with Crippen LogP contribution in [-0.4, -0.2) is 20.6 Å². The monoisotopic (exact) mass is 290 g/mol. The molecule has 2 aromatic carbocycles. The van der Waals surface area contributed by atoms with Gasteiger partial charge in [0, 0.05) is 6.07 Å². The molecule has 106 valence electrons. The number of benzene rings is 2. The number of aromatic nitrogens is 2. The molecule has 0 aliphatic heterocycles. The van der Waals surface area contributed by atoms with Crippen molar-refractivity contribution in [3.63, 3.8) is 0 Å². The lowest BCUT2D eigenvalue weighted by molar-refractivity contribution is 0.0699. The fourth-order valence-electron chi connectivity index (χ4n) is 2.20. The van der Waals surface area contributed by atoms with E-state index < -0.39 is 23.3 Å². The van der Waals surface area contributed by atoms with Gasteiger partial charge in [0.2, 0.25) is 0 Å². The van der Waals surface area contributed by atoms with Crippen LogP contribution in [0.5, 0.6) is 0 Å². The molecule has 1 heterocycles. The Hall–Kier alpha value is -2.96. The Labute approximate surface area is 116 Å². The molecule has 3 rings (SSSR count). The number of aromatic amines is 1. The zero-order valence-corrected chi connectivity index (χ0v) is 10.4. The Morgan fingerprint density at radius 1 is 1.19 bits per heavy atom. The summed E-state index contributed by atoms with van der Waals surface area (Å²) in [6, 6.07) is 6.89. The molecule has 0 fully saturated rings. The summed E-state index contributed by atoms with van der Waals surface area (Å²) in [6.45, 7) is 0. The number of hydrogen-bond donors (Lipinski definition) is 2. The van der Waals surface area contributed by atoms with Crippen LogP contribution >= 0.6 is 0 Å². The molecule has 0 saturated carbocycles. The number of nitrogens with zero attached hydrogens (tertiary/aromatic N) is 1. The summed E-state index contributed by atoms with van der Waals surface area (Å²) in [5.74, 6) is -2.73. The second-order valence-electron chi connectivity index (χ2n) is 4.37. The maximum Gasteiger partial charge on any atom is 0.337 e. The average Bonchev–Trinajstić information content (AvgIpc) is 2.77. The number of rotatable bonds is 2. The third-order valence-corrected chi connectivity index (χ3v) is 3.10.